The van der Waals surface area contributed by atoms with Crippen LogP contribution in [0.2, 0.25) is 5.02 Å². The molecule has 128 valence electrons. The van der Waals surface area contributed by atoms with Crippen molar-refractivity contribution in [3.8, 4) is 0 Å². The standard InChI is InChI=1S/C18H23ClN4O/c1-4-23(5-2)17-11-14(9-10-20-17)12-21-18(24)22-16-8-6-7-15(19)13(16)3/h6-11H,4-5,12H2,1-3H3,(H2,21,22,24). The molecule has 0 saturated heterocycles. The maximum atomic E-state index is 12.1. The minimum atomic E-state index is -0.262. The molecule has 2 N–H and O–H groups in total. The number of aromatic nitrogens is 1. The van der Waals surface area contributed by atoms with Gasteiger partial charge in [-0.3, -0.25) is 0 Å². The van der Waals surface area contributed by atoms with Crippen LogP contribution in [0.4, 0.5) is 16.3 Å². The molecule has 0 radical (unpaired) electrons. The third-order valence-corrected chi connectivity index (χ3v) is 4.28. The number of pyridine rings is 1. The molecule has 0 fully saturated rings. The largest absolute Gasteiger partial charge is 0.357 e. The Balaban J connectivity index is 1.97. The molecule has 1 aromatic heterocycles. The van der Waals surface area contributed by atoms with Gasteiger partial charge in [-0.1, -0.05) is 17.7 Å². The van der Waals surface area contributed by atoms with E-state index in [0.717, 1.165) is 30.0 Å². The predicted octanol–water partition coefficient (Wildman–Crippen LogP) is 4.21. The number of hydrogen-bond acceptors (Lipinski definition) is 3. The van der Waals surface area contributed by atoms with E-state index in [9.17, 15) is 4.79 Å². The number of halogens is 1. The summed E-state index contributed by atoms with van der Waals surface area (Å²) in [4.78, 5) is 18.6. The zero-order chi connectivity index (χ0) is 17.5. The zero-order valence-electron chi connectivity index (χ0n) is 14.3. The van der Waals surface area contributed by atoms with Gasteiger partial charge in [0.05, 0.1) is 0 Å². The summed E-state index contributed by atoms with van der Waals surface area (Å²) in [7, 11) is 0. The fraction of sp³-hybridized carbons (Fsp3) is 0.333. The molecule has 0 spiro atoms. The highest BCUT2D eigenvalue weighted by Crippen LogP contribution is 2.22. The van der Waals surface area contributed by atoms with Crippen LogP contribution in [0.3, 0.4) is 0 Å². The number of amides is 2. The lowest BCUT2D eigenvalue weighted by Crippen LogP contribution is -2.29. The summed E-state index contributed by atoms with van der Waals surface area (Å²) in [6.07, 6.45) is 1.77. The molecule has 2 rings (SSSR count). The van der Waals surface area contributed by atoms with Gasteiger partial charge < -0.3 is 15.5 Å². The molecule has 0 bridgehead atoms. The van der Waals surface area contributed by atoms with Crippen molar-refractivity contribution < 1.29 is 4.79 Å². The van der Waals surface area contributed by atoms with E-state index < -0.39 is 0 Å². The zero-order valence-corrected chi connectivity index (χ0v) is 15.0. The molecular weight excluding hydrogens is 324 g/mol. The Labute approximate surface area is 148 Å². The Hall–Kier alpha value is -2.27. The molecule has 0 aliphatic carbocycles. The number of nitrogens with one attached hydrogen (secondary N) is 2. The van der Waals surface area contributed by atoms with E-state index in [1.165, 1.54) is 0 Å². The number of hydrogen-bond donors (Lipinski definition) is 2. The van der Waals surface area contributed by atoms with Crippen molar-refractivity contribution in [1.82, 2.24) is 10.3 Å². The van der Waals surface area contributed by atoms with Crippen LogP contribution in [-0.4, -0.2) is 24.1 Å². The first-order valence-electron chi connectivity index (χ1n) is 8.05. The summed E-state index contributed by atoms with van der Waals surface area (Å²) in [5, 5.41) is 6.31. The average Bonchev–Trinajstić information content (AvgIpc) is 2.59. The van der Waals surface area contributed by atoms with Gasteiger partial charge in [-0.05, 0) is 56.2 Å². The first-order valence-corrected chi connectivity index (χ1v) is 8.42. The molecular formula is C18H23ClN4O. The molecule has 5 nitrogen and oxygen atoms in total. The summed E-state index contributed by atoms with van der Waals surface area (Å²) in [5.41, 5.74) is 2.56. The lowest BCUT2D eigenvalue weighted by Gasteiger charge is -2.20. The van der Waals surface area contributed by atoms with Crippen LogP contribution in [0.15, 0.2) is 36.5 Å². The molecule has 24 heavy (non-hydrogen) atoms. The number of benzene rings is 1. The summed E-state index contributed by atoms with van der Waals surface area (Å²) < 4.78 is 0. The van der Waals surface area contributed by atoms with Crippen molar-refractivity contribution in [2.24, 2.45) is 0 Å². The summed E-state index contributed by atoms with van der Waals surface area (Å²) in [6, 6.07) is 9.07. The van der Waals surface area contributed by atoms with Gasteiger partial charge in [0, 0.05) is 36.5 Å². The van der Waals surface area contributed by atoms with Crippen LogP contribution in [0.25, 0.3) is 0 Å². The summed E-state index contributed by atoms with van der Waals surface area (Å²) >= 11 is 6.06. The van der Waals surface area contributed by atoms with Gasteiger partial charge in [0.15, 0.2) is 0 Å². The van der Waals surface area contributed by atoms with E-state index in [-0.39, 0.29) is 6.03 Å². The second-order valence-corrected chi connectivity index (χ2v) is 5.82. The lowest BCUT2D eigenvalue weighted by molar-refractivity contribution is 0.251. The normalized spacial score (nSPS) is 10.3. The first kappa shape index (κ1) is 18.1. The quantitative estimate of drug-likeness (QED) is 0.823. The van der Waals surface area contributed by atoms with Crippen molar-refractivity contribution in [1.29, 1.82) is 0 Å². The van der Waals surface area contributed by atoms with Crippen molar-refractivity contribution in [2.75, 3.05) is 23.3 Å². The topological polar surface area (TPSA) is 57.3 Å². The number of rotatable bonds is 6. The molecule has 0 atom stereocenters. The minimum Gasteiger partial charge on any atom is -0.357 e. The molecule has 2 amide bonds. The molecule has 0 aliphatic rings. The highest BCUT2D eigenvalue weighted by molar-refractivity contribution is 6.31. The number of carbonyl (C=O) groups excluding carboxylic acids is 1. The molecule has 0 aliphatic heterocycles. The number of nitrogens with zero attached hydrogens (tertiary/aromatic N) is 2. The Kier molecular flexibility index (Phi) is 6.44. The maximum absolute atomic E-state index is 12.1. The average molecular weight is 347 g/mol. The van der Waals surface area contributed by atoms with Gasteiger partial charge in [-0.25, -0.2) is 9.78 Å². The van der Waals surface area contributed by atoms with Crippen molar-refractivity contribution >= 4 is 29.1 Å². The lowest BCUT2D eigenvalue weighted by atomic mass is 10.2. The van der Waals surface area contributed by atoms with Crippen LogP contribution in [-0.2, 0) is 6.54 Å². The Morgan fingerprint density at radius 1 is 1.25 bits per heavy atom. The fourth-order valence-corrected chi connectivity index (χ4v) is 2.56. The molecule has 1 aromatic carbocycles. The van der Waals surface area contributed by atoms with Gasteiger partial charge in [0.25, 0.3) is 0 Å². The molecule has 0 unspecified atom stereocenters. The van der Waals surface area contributed by atoms with Crippen LogP contribution in [0.1, 0.15) is 25.0 Å². The van der Waals surface area contributed by atoms with E-state index >= 15 is 0 Å². The predicted molar refractivity (Wildman–Crippen MR) is 99.8 cm³/mol. The smallest absolute Gasteiger partial charge is 0.319 e. The first-order chi connectivity index (χ1) is 11.5. The fourth-order valence-electron chi connectivity index (χ4n) is 2.38. The Bertz CT molecular complexity index is 701. The minimum absolute atomic E-state index is 0.262. The van der Waals surface area contributed by atoms with Gasteiger partial charge >= 0.3 is 6.03 Å². The number of urea groups is 1. The third kappa shape index (κ3) is 4.61. The summed E-state index contributed by atoms with van der Waals surface area (Å²) in [6.45, 7) is 8.29. The number of carbonyl (C=O) groups is 1. The Morgan fingerprint density at radius 2 is 2.00 bits per heavy atom. The van der Waals surface area contributed by atoms with Gasteiger partial charge in [0.1, 0.15) is 5.82 Å². The van der Waals surface area contributed by atoms with E-state index in [2.05, 4.69) is 34.4 Å². The summed E-state index contributed by atoms with van der Waals surface area (Å²) in [5.74, 6) is 0.922. The van der Waals surface area contributed by atoms with Crippen LogP contribution < -0.4 is 15.5 Å². The maximum Gasteiger partial charge on any atom is 0.319 e. The monoisotopic (exact) mass is 346 g/mol. The van der Waals surface area contributed by atoms with E-state index in [1.807, 2.05) is 31.2 Å². The van der Waals surface area contributed by atoms with E-state index in [4.69, 9.17) is 11.6 Å². The highest BCUT2D eigenvalue weighted by atomic mass is 35.5. The molecule has 2 aromatic rings. The Morgan fingerprint density at radius 3 is 2.71 bits per heavy atom. The van der Waals surface area contributed by atoms with E-state index in [1.54, 1.807) is 12.3 Å². The highest BCUT2D eigenvalue weighted by Gasteiger charge is 2.08. The van der Waals surface area contributed by atoms with Crippen molar-refractivity contribution in [2.45, 2.75) is 27.3 Å². The van der Waals surface area contributed by atoms with Crippen molar-refractivity contribution in [3.63, 3.8) is 0 Å². The number of anilines is 2. The van der Waals surface area contributed by atoms with Crippen molar-refractivity contribution in [3.05, 3.63) is 52.7 Å². The second kappa shape index (κ2) is 8.55. The van der Waals surface area contributed by atoms with Crippen LogP contribution >= 0.6 is 11.6 Å². The van der Waals surface area contributed by atoms with Gasteiger partial charge in [-0.15, -0.1) is 0 Å². The van der Waals surface area contributed by atoms with Gasteiger partial charge in [0.2, 0.25) is 0 Å². The molecule has 1 heterocycles. The van der Waals surface area contributed by atoms with Gasteiger partial charge in [-0.2, -0.15) is 0 Å². The van der Waals surface area contributed by atoms with Crippen LogP contribution in [0, 0.1) is 6.92 Å². The molecule has 6 heteroatoms. The SMILES string of the molecule is CCN(CC)c1cc(CNC(=O)Nc2cccc(Cl)c2C)ccn1. The second-order valence-electron chi connectivity index (χ2n) is 5.41. The van der Waals surface area contributed by atoms with E-state index in [0.29, 0.717) is 17.3 Å². The third-order valence-electron chi connectivity index (χ3n) is 3.87. The van der Waals surface area contributed by atoms with Crippen LogP contribution in [0.5, 0.6) is 0 Å². The molecule has 0 saturated carbocycles.